The number of nitrogens with one attached hydrogen (secondary N) is 2. The molecule has 0 aliphatic carbocycles. The summed E-state index contributed by atoms with van der Waals surface area (Å²) in [7, 11) is 0. The minimum Gasteiger partial charge on any atom is -0.325 e. The quantitative estimate of drug-likeness (QED) is 0.877. The Morgan fingerprint density at radius 3 is 2.65 bits per heavy atom. The molecule has 0 aliphatic rings. The van der Waals surface area contributed by atoms with Crippen molar-refractivity contribution in [3.63, 3.8) is 0 Å². The minimum atomic E-state index is -0.281. The zero-order valence-electron chi connectivity index (χ0n) is 11.8. The first-order valence-corrected chi connectivity index (χ1v) is 6.66. The summed E-state index contributed by atoms with van der Waals surface area (Å²) in [4.78, 5) is 16.3. The Bertz CT molecular complexity index is 569. The Labute approximate surface area is 119 Å². The number of rotatable bonds is 5. The molecule has 1 amide bonds. The molecule has 2 N–H and O–H groups in total. The lowest BCUT2D eigenvalue weighted by Crippen LogP contribution is -2.37. The van der Waals surface area contributed by atoms with Gasteiger partial charge in [-0.3, -0.25) is 9.78 Å². The number of nitrogens with zero attached hydrogens (tertiary/aromatic N) is 1. The monoisotopic (exact) mass is 269 g/mol. The van der Waals surface area contributed by atoms with Crippen molar-refractivity contribution >= 4 is 11.6 Å². The second-order valence-electron chi connectivity index (χ2n) is 4.72. The Balaban J connectivity index is 1.87. The third kappa shape index (κ3) is 3.90. The van der Waals surface area contributed by atoms with E-state index in [4.69, 9.17) is 0 Å². The van der Waals surface area contributed by atoms with E-state index in [1.54, 1.807) is 6.20 Å². The van der Waals surface area contributed by atoms with Gasteiger partial charge in [0.2, 0.25) is 5.91 Å². The Kier molecular flexibility index (Phi) is 4.85. The zero-order chi connectivity index (χ0) is 14.4. The van der Waals surface area contributed by atoms with Crippen molar-refractivity contribution in [3.05, 3.63) is 59.9 Å². The average Bonchev–Trinajstić information content (AvgIpc) is 2.47. The van der Waals surface area contributed by atoms with Crippen molar-refractivity contribution in [3.8, 4) is 0 Å². The number of carbonyl (C=O) groups excluding carboxylic acids is 1. The molecule has 1 atom stereocenters. The van der Waals surface area contributed by atoms with Crippen molar-refractivity contribution < 1.29 is 4.79 Å². The van der Waals surface area contributed by atoms with Crippen LogP contribution in [0.4, 0.5) is 5.69 Å². The lowest BCUT2D eigenvalue weighted by Gasteiger charge is -2.14. The van der Waals surface area contributed by atoms with Gasteiger partial charge >= 0.3 is 0 Å². The van der Waals surface area contributed by atoms with Gasteiger partial charge < -0.3 is 10.6 Å². The maximum atomic E-state index is 12.0. The van der Waals surface area contributed by atoms with Crippen LogP contribution in [0.15, 0.2) is 48.7 Å². The van der Waals surface area contributed by atoms with Crippen LogP contribution in [-0.2, 0) is 11.3 Å². The molecule has 4 nitrogen and oxygen atoms in total. The van der Waals surface area contributed by atoms with Crippen molar-refractivity contribution in [2.45, 2.75) is 26.4 Å². The molecule has 0 saturated carbocycles. The smallest absolute Gasteiger partial charge is 0.241 e. The summed E-state index contributed by atoms with van der Waals surface area (Å²) in [6, 6.07) is 13.1. The molecule has 1 aromatic heterocycles. The topological polar surface area (TPSA) is 54.0 Å². The molecule has 104 valence electrons. The molecule has 20 heavy (non-hydrogen) atoms. The van der Waals surface area contributed by atoms with Gasteiger partial charge in [-0.25, -0.2) is 0 Å². The Morgan fingerprint density at radius 1 is 1.20 bits per heavy atom. The third-order valence-electron chi connectivity index (χ3n) is 3.13. The number of aryl methyl sites for hydroxylation is 1. The van der Waals surface area contributed by atoms with Crippen LogP contribution in [0.1, 0.15) is 18.2 Å². The van der Waals surface area contributed by atoms with Gasteiger partial charge in [-0.2, -0.15) is 0 Å². The van der Waals surface area contributed by atoms with Crippen LogP contribution in [0.5, 0.6) is 0 Å². The Hall–Kier alpha value is -2.20. The molecule has 2 rings (SSSR count). The molecule has 1 heterocycles. The van der Waals surface area contributed by atoms with E-state index in [2.05, 4.69) is 15.6 Å². The first-order valence-electron chi connectivity index (χ1n) is 6.66. The van der Waals surface area contributed by atoms with Crippen molar-refractivity contribution in [2.24, 2.45) is 0 Å². The molecule has 1 aromatic carbocycles. The van der Waals surface area contributed by atoms with E-state index in [-0.39, 0.29) is 11.9 Å². The van der Waals surface area contributed by atoms with Crippen LogP contribution in [0.2, 0.25) is 0 Å². The summed E-state index contributed by atoms with van der Waals surface area (Å²) in [6.07, 6.45) is 1.76. The van der Waals surface area contributed by atoms with Crippen LogP contribution in [0.3, 0.4) is 0 Å². The summed E-state index contributed by atoms with van der Waals surface area (Å²) in [5.74, 6) is -0.0511. The fourth-order valence-corrected chi connectivity index (χ4v) is 1.82. The molecule has 0 fully saturated rings. The maximum absolute atomic E-state index is 12.0. The van der Waals surface area contributed by atoms with Crippen molar-refractivity contribution in [2.75, 3.05) is 5.32 Å². The highest BCUT2D eigenvalue weighted by molar-refractivity contribution is 5.94. The Morgan fingerprint density at radius 2 is 1.95 bits per heavy atom. The van der Waals surface area contributed by atoms with Crippen LogP contribution in [-0.4, -0.2) is 16.9 Å². The van der Waals surface area contributed by atoms with E-state index in [9.17, 15) is 4.79 Å². The van der Waals surface area contributed by atoms with Gasteiger partial charge in [0.1, 0.15) is 0 Å². The molecule has 0 radical (unpaired) electrons. The molecule has 0 saturated heterocycles. The zero-order valence-corrected chi connectivity index (χ0v) is 11.8. The highest BCUT2D eigenvalue weighted by Gasteiger charge is 2.12. The highest BCUT2D eigenvalue weighted by Crippen LogP contribution is 2.06. The number of hydrogen-bond acceptors (Lipinski definition) is 3. The molecule has 4 heteroatoms. The number of amides is 1. The summed E-state index contributed by atoms with van der Waals surface area (Å²) in [5.41, 5.74) is 2.89. The van der Waals surface area contributed by atoms with Crippen LogP contribution < -0.4 is 10.6 Å². The SMILES string of the molecule is Cc1cccnc1CNC(C)C(=O)Nc1ccccc1. The molecular weight excluding hydrogens is 250 g/mol. The van der Waals surface area contributed by atoms with Crippen LogP contribution in [0.25, 0.3) is 0 Å². The first kappa shape index (κ1) is 14.2. The standard InChI is InChI=1S/C16H19N3O/c1-12-7-6-10-17-15(12)11-18-13(2)16(20)19-14-8-4-3-5-9-14/h3-10,13,18H,11H2,1-2H3,(H,19,20). The number of para-hydroxylation sites is 1. The molecule has 0 spiro atoms. The van der Waals surface area contributed by atoms with E-state index in [0.717, 1.165) is 16.9 Å². The van der Waals surface area contributed by atoms with E-state index in [1.165, 1.54) is 0 Å². The summed E-state index contributed by atoms with van der Waals surface area (Å²) in [6.45, 7) is 4.44. The molecular formula is C16H19N3O. The molecule has 0 bridgehead atoms. The van der Waals surface area contributed by atoms with E-state index < -0.39 is 0 Å². The van der Waals surface area contributed by atoms with Gasteiger partial charge in [0.15, 0.2) is 0 Å². The summed E-state index contributed by atoms with van der Waals surface area (Å²) >= 11 is 0. The predicted molar refractivity (Wildman–Crippen MR) is 80.3 cm³/mol. The lowest BCUT2D eigenvalue weighted by atomic mass is 10.2. The fourth-order valence-electron chi connectivity index (χ4n) is 1.82. The van der Waals surface area contributed by atoms with Gasteiger partial charge in [-0.15, -0.1) is 0 Å². The first-order chi connectivity index (χ1) is 9.66. The summed E-state index contributed by atoms with van der Waals surface area (Å²) in [5, 5.41) is 6.06. The largest absolute Gasteiger partial charge is 0.325 e. The van der Waals surface area contributed by atoms with E-state index in [0.29, 0.717) is 6.54 Å². The fraction of sp³-hybridized carbons (Fsp3) is 0.250. The minimum absolute atomic E-state index is 0.0511. The second-order valence-corrected chi connectivity index (χ2v) is 4.72. The number of pyridine rings is 1. The van der Waals surface area contributed by atoms with Crippen LogP contribution in [0, 0.1) is 6.92 Å². The summed E-state index contributed by atoms with van der Waals surface area (Å²) < 4.78 is 0. The second kappa shape index (κ2) is 6.82. The van der Waals surface area contributed by atoms with Gasteiger partial charge in [0, 0.05) is 18.4 Å². The normalized spacial score (nSPS) is 11.9. The van der Waals surface area contributed by atoms with Crippen LogP contribution >= 0.6 is 0 Å². The number of aromatic nitrogens is 1. The van der Waals surface area contributed by atoms with Crippen molar-refractivity contribution in [1.82, 2.24) is 10.3 Å². The molecule has 1 unspecified atom stereocenters. The number of anilines is 1. The van der Waals surface area contributed by atoms with Gasteiger partial charge in [0.05, 0.1) is 11.7 Å². The molecule has 2 aromatic rings. The maximum Gasteiger partial charge on any atom is 0.241 e. The average molecular weight is 269 g/mol. The van der Waals surface area contributed by atoms with Gasteiger partial charge in [-0.1, -0.05) is 24.3 Å². The number of hydrogen-bond donors (Lipinski definition) is 2. The van der Waals surface area contributed by atoms with Gasteiger partial charge in [0.25, 0.3) is 0 Å². The molecule has 0 aliphatic heterocycles. The van der Waals surface area contributed by atoms with E-state index in [1.807, 2.05) is 56.3 Å². The number of carbonyl (C=O) groups is 1. The third-order valence-corrected chi connectivity index (χ3v) is 3.13. The van der Waals surface area contributed by atoms with E-state index >= 15 is 0 Å². The highest BCUT2D eigenvalue weighted by atomic mass is 16.2. The predicted octanol–water partition coefficient (Wildman–Crippen LogP) is 2.51. The lowest BCUT2D eigenvalue weighted by molar-refractivity contribution is -0.117. The number of benzene rings is 1. The van der Waals surface area contributed by atoms with Gasteiger partial charge in [-0.05, 0) is 37.6 Å². The van der Waals surface area contributed by atoms with Crippen molar-refractivity contribution in [1.29, 1.82) is 0 Å².